The summed E-state index contributed by atoms with van der Waals surface area (Å²) in [6.45, 7) is 6.77. The lowest BCUT2D eigenvalue weighted by Crippen LogP contribution is -2.28. The van der Waals surface area contributed by atoms with Crippen LogP contribution in [0.15, 0.2) is 58.2 Å². The highest BCUT2D eigenvalue weighted by molar-refractivity contribution is 9.10. The number of fused-ring (bicyclic) bond motifs is 2. The number of rotatable bonds is 5. The number of hydrogen-bond donors (Lipinski definition) is 0. The molecule has 0 saturated carbocycles. The molecule has 0 spiro atoms. The molecule has 1 unspecified atom stereocenters. The molecule has 3 aromatic heterocycles. The first-order chi connectivity index (χ1) is 17.7. The van der Waals surface area contributed by atoms with Crippen LogP contribution in [0.3, 0.4) is 0 Å². The molecule has 4 heterocycles. The lowest BCUT2D eigenvalue weighted by molar-refractivity contribution is -0.169. The van der Waals surface area contributed by atoms with Crippen molar-refractivity contribution in [3.8, 4) is 0 Å². The van der Waals surface area contributed by atoms with Crippen LogP contribution in [0, 0.1) is 0 Å². The van der Waals surface area contributed by atoms with Gasteiger partial charge < -0.3 is 18.8 Å². The number of aromatic nitrogens is 3. The van der Waals surface area contributed by atoms with Gasteiger partial charge in [0.05, 0.1) is 29.7 Å². The molecule has 194 valence electrons. The standard InChI is InChI=1S/C28H30BrN3O5/c1-28(2,3)37-27(34)32-20(17-36-25-6-4-5-11-35-25)13-19-8-7-18(12-24(19)32)16-31-10-9-21-22(26(31)33)14-30-15-23(21)29/h7-10,12-15,25H,4-6,11,16-17H2,1-3H3. The second-order valence-electron chi connectivity index (χ2n) is 10.3. The number of ether oxygens (including phenoxy) is 3. The van der Waals surface area contributed by atoms with Crippen LogP contribution < -0.4 is 5.56 Å². The Morgan fingerprint density at radius 1 is 1.16 bits per heavy atom. The SMILES string of the molecule is CC(C)(C)OC(=O)n1c(COC2CCCCO2)cc2ccc(Cn3ccc4c(Br)cncc4c3=O)cc21. The Labute approximate surface area is 223 Å². The van der Waals surface area contributed by atoms with E-state index >= 15 is 0 Å². The fourth-order valence-corrected chi connectivity index (χ4v) is 5.01. The average Bonchev–Trinajstić information content (AvgIpc) is 3.22. The van der Waals surface area contributed by atoms with E-state index in [0.29, 0.717) is 29.7 Å². The Bertz CT molecular complexity index is 1510. The van der Waals surface area contributed by atoms with Crippen LogP contribution in [0.1, 0.15) is 51.3 Å². The zero-order valence-corrected chi connectivity index (χ0v) is 22.8. The molecule has 1 fully saturated rings. The van der Waals surface area contributed by atoms with Gasteiger partial charge in [0.1, 0.15) is 5.60 Å². The molecule has 0 amide bonds. The molecular formula is C28H30BrN3O5. The Hall–Kier alpha value is -3.01. The molecule has 1 aromatic carbocycles. The Balaban J connectivity index is 1.50. The highest BCUT2D eigenvalue weighted by Crippen LogP contribution is 2.26. The fourth-order valence-electron chi connectivity index (χ4n) is 4.55. The van der Waals surface area contributed by atoms with E-state index in [2.05, 4.69) is 20.9 Å². The van der Waals surface area contributed by atoms with Gasteiger partial charge >= 0.3 is 6.09 Å². The van der Waals surface area contributed by atoms with Crippen molar-refractivity contribution in [3.05, 3.63) is 75.0 Å². The van der Waals surface area contributed by atoms with E-state index in [1.165, 1.54) is 0 Å². The summed E-state index contributed by atoms with van der Waals surface area (Å²) in [6.07, 6.45) is 7.22. The zero-order valence-electron chi connectivity index (χ0n) is 21.2. The molecule has 4 aromatic rings. The van der Waals surface area contributed by atoms with Crippen molar-refractivity contribution in [1.29, 1.82) is 0 Å². The molecule has 1 atom stereocenters. The molecule has 1 aliphatic rings. The summed E-state index contributed by atoms with van der Waals surface area (Å²) < 4.78 is 21.4. The first-order valence-electron chi connectivity index (χ1n) is 12.4. The van der Waals surface area contributed by atoms with Crippen molar-refractivity contribution in [2.75, 3.05) is 6.61 Å². The van der Waals surface area contributed by atoms with Crippen molar-refractivity contribution in [2.24, 2.45) is 0 Å². The van der Waals surface area contributed by atoms with Gasteiger partial charge in [0, 0.05) is 40.4 Å². The number of carbonyl (C=O) groups excluding carboxylic acids is 1. The predicted molar refractivity (Wildman–Crippen MR) is 145 cm³/mol. The summed E-state index contributed by atoms with van der Waals surface area (Å²) in [5.41, 5.74) is 1.48. The highest BCUT2D eigenvalue weighted by atomic mass is 79.9. The number of hydrogen-bond acceptors (Lipinski definition) is 6. The molecule has 5 rings (SSSR count). The third kappa shape index (κ3) is 5.63. The Kier molecular flexibility index (Phi) is 7.20. The first kappa shape index (κ1) is 25.6. The summed E-state index contributed by atoms with van der Waals surface area (Å²) in [5.74, 6) is 0. The summed E-state index contributed by atoms with van der Waals surface area (Å²) >= 11 is 3.46. The van der Waals surface area contributed by atoms with E-state index in [0.717, 1.165) is 40.1 Å². The van der Waals surface area contributed by atoms with Gasteiger partial charge in [-0.15, -0.1) is 0 Å². The molecule has 8 nitrogen and oxygen atoms in total. The molecule has 37 heavy (non-hydrogen) atoms. The summed E-state index contributed by atoms with van der Waals surface area (Å²) in [4.78, 5) is 30.6. The average molecular weight is 568 g/mol. The van der Waals surface area contributed by atoms with Gasteiger partial charge in [0.15, 0.2) is 6.29 Å². The molecule has 1 saturated heterocycles. The van der Waals surface area contributed by atoms with Gasteiger partial charge in [-0.05, 0) is 79.7 Å². The normalized spacial score (nSPS) is 16.4. The van der Waals surface area contributed by atoms with Gasteiger partial charge in [0.25, 0.3) is 5.56 Å². The zero-order chi connectivity index (χ0) is 26.2. The van der Waals surface area contributed by atoms with E-state index in [4.69, 9.17) is 14.2 Å². The lowest BCUT2D eigenvalue weighted by Gasteiger charge is -2.24. The van der Waals surface area contributed by atoms with Crippen LogP contribution in [0.25, 0.3) is 21.7 Å². The summed E-state index contributed by atoms with van der Waals surface area (Å²) in [6, 6.07) is 9.68. The summed E-state index contributed by atoms with van der Waals surface area (Å²) in [7, 11) is 0. The van der Waals surface area contributed by atoms with E-state index in [-0.39, 0.29) is 18.5 Å². The van der Waals surface area contributed by atoms with E-state index in [1.54, 1.807) is 27.7 Å². The van der Waals surface area contributed by atoms with Crippen molar-refractivity contribution >= 4 is 43.7 Å². The van der Waals surface area contributed by atoms with Gasteiger partial charge in [-0.2, -0.15) is 0 Å². The largest absolute Gasteiger partial charge is 0.443 e. The number of benzene rings is 1. The molecule has 0 bridgehead atoms. The van der Waals surface area contributed by atoms with Gasteiger partial charge in [-0.3, -0.25) is 9.78 Å². The minimum atomic E-state index is -0.656. The van der Waals surface area contributed by atoms with Crippen LogP contribution in [0.5, 0.6) is 0 Å². The van der Waals surface area contributed by atoms with Crippen LogP contribution in [0.2, 0.25) is 0 Å². The topological polar surface area (TPSA) is 84.6 Å². The van der Waals surface area contributed by atoms with Crippen molar-refractivity contribution in [1.82, 2.24) is 14.1 Å². The van der Waals surface area contributed by atoms with E-state index < -0.39 is 11.7 Å². The minimum absolute atomic E-state index is 0.129. The number of carbonyl (C=O) groups is 1. The third-order valence-corrected chi connectivity index (χ3v) is 6.91. The molecular weight excluding hydrogens is 538 g/mol. The van der Waals surface area contributed by atoms with Crippen LogP contribution >= 0.6 is 15.9 Å². The molecule has 1 aliphatic heterocycles. The summed E-state index contributed by atoms with van der Waals surface area (Å²) in [5, 5.41) is 2.24. The minimum Gasteiger partial charge on any atom is -0.443 e. The monoisotopic (exact) mass is 567 g/mol. The van der Waals surface area contributed by atoms with Gasteiger partial charge in [-0.25, -0.2) is 9.36 Å². The lowest BCUT2D eigenvalue weighted by atomic mass is 10.1. The molecule has 0 N–H and O–H groups in total. The van der Waals surface area contributed by atoms with Gasteiger partial charge in [-0.1, -0.05) is 12.1 Å². The number of halogens is 1. The molecule has 0 aliphatic carbocycles. The molecule has 0 radical (unpaired) electrons. The van der Waals surface area contributed by atoms with Crippen LogP contribution in [0.4, 0.5) is 4.79 Å². The number of pyridine rings is 2. The third-order valence-electron chi connectivity index (χ3n) is 6.28. The molecule has 9 heteroatoms. The first-order valence-corrected chi connectivity index (χ1v) is 13.2. The predicted octanol–water partition coefficient (Wildman–Crippen LogP) is 5.99. The number of nitrogens with zero attached hydrogens (tertiary/aromatic N) is 3. The quantitative estimate of drug-likeness (QED) is 0.294. The Morgan fingerprint density at radius 2 is 2.00 bits per heavy atom. The second-order valence-corrected chi connectivity index (χ2v) is 11.1. The van der Waals surface area contributed by atoms with Crippen LogP contribution in [-0.2, 0) is 27.4 Å². The van der Waals surface area contributed by atoms with Gasteiger partial charge in [0.2, 0.25) is 0 Å². The van der Waals surface area contributed by atoms with E-state index in [9.17, 15) is 9.59 Å². The Morgan fingerprint density at radius 3 is 2.76 bits per heavy atom. The maximum atomic E-state index is 13.3. The maximum Gasteiger partial charge on any atom is 0.419 e. The van der Waals surface area contributed by atoms with Crippen LogP contribution in [-0.4, -0.2) is 38.7 Å². The van der Waals surface area contributed by atoms with E-state index in [1.807, 2.05) is 51.1 Å². The van der Waals surface area contributed by atoms with Crippen molar-refractivity contribution < 1.29 is 19.0 Å². The highest BCUT2D eigenvalue weighted by Gasteiger charge is 2.24. The second kappa shape index (κ2) is 10.4. The smallest absolute Gasteiger partial charge is 0.419 e. The fraction of sp³-hybridized carbons (Fsp3) is 0.393. The van der Waals surface area contributed by atoms with Crippen molar-refractivity contribution in [2.45, 2.75) is 65.1 Å². The maximum absolute atomic E-state index is 13.3. The van der Waals surface area contributed by atoms with Crippen molar-refractivity contribution in [3.63, 3.8) is 0 Å².